The van der Waals surface area contributed by atoms with Gasteiger partial charge in [0, 0.05) is 29.5 Å². The zero-order valence-corrected chi connectivity index (χ0v) is 11.8. The lowest BCUT2D eigenvalue weighted by molar-refractivity contribution is -0.131. The quantitative estimate of drug-likeness (QED) is 0.909. The molecule has 0 spiro atoms. The summed E-state index contributed by atoms with van der Waals surface area (Å²) in [5.41, 5.74) is 7.12. The van der Waals surface area contributed by atoms with Crippen molar-refractivity contribution in [2.24, 2.45) is 11.7 Å². The molecule has 18 heavy (non-hydrogen) atoms. The van der Waals surface area contributed by atoms with Crippen molar-refractivity contribution in [3.63, 3.8) is 0 Å². The summed E-state index contributed by atoms with van der Waals surface area (Å²) in [6, 6.07) is 8.48. The second kappa shape index (κ2) is 4.67. The number of hydrogen-bond acceptors (Lipinski definition) is 2. The summed E-state index contributed by atoms with van der Waals surface area (Å²) >= 11 is 3.43. The fourth-order valence-corrected chi connectivity index (χ4v) is 3.03. The van der Waals surface area contributed by atoms with Crippen molar-refractivity contribution in [1.82, 2.24) is 4.90 Å². The molecule has 2 N–H and O–H groups in total. The number of carbonyl (C=O) groups is 1. The van der Waals surface area contributed by atoms with Gasteiger partial charge in [-0.2, -0.15) is 0 Å². The van der Waals surface area contributed by atoms with Gasteiger partial charge < -0.3 is 10.6 Å². The van der Waals surface area contributed by atoms with E-state index in [0.29, 0.717) is 11.8 Å². The number of nitrogens with zero attached hydrogens (tertiary/aromatic N) is 1. The predicted molar refractivity (Wildman–Crippen MR) is 74.2 cm³/mol. The molecular weight excluding hydrogens is 292 g/mol. The second-order valence-corrected chi connectivity index (χ2v) is 6.25. The van der Waals surface area contributed by atoms with Gasteiger partial charge in [0.25, 0.3) is 0 Å². The average Bonchev–Trinajstić information content (AvgIpc) is 3.04. The lowest BCUT2D eigenvalue weighted by Crippen LogP contribution is -2.33. The number of rotatable bonds is 2. The van der Waals surface area contributed by atoms with Crippen molar-refractivity contribution < 1.29 is 4.79 Å². The Morgan fingerprint density at radius 1 is 1.33 bits per heavy atom. The van der Waals surface area contributed by atoms with Gasteiger partial charge in [0.15, 0.2) is 0 Å². The molecule has 3 atom stereocenters. The lowest BCUT2D eigenvalue weighted by atomic mass is 10.1. The number of likely N-dealkylation sites (tertiary alicyclic amines) is 1. The first-order valence-corrected chi connectivity index (χ1v) is 7.24. The van der Waals surface area contributed by atoms with Gasteiger partial charge in [-0.05, 0) is 36.5 Å². The van der Waals surface area contributed by atoms with Gasteiger partial charge in [0.2, 0.25) is 5.91 Å². The molecule has 2 fully saturated rings. The van der Waals surface area contributed by atoms with Crippen LogP contribution in [0.25, 0.3) is 0 Å². The van der Waals surface area contributed by atoms with Crippen molar-refractivity contribution >= 4 is 21.8 Å². The van der Waals surface area contributed by atoms with Crippen LogP contribution in [0, 0.1) is 5.92 Å². The maximum absolute atomic E-state index is 12.3. The molecule has 1 aromatic carbocycles. The van der Waals surface area contributed by atoms with Gasteiger partial charge in [-0.15, -0.1) is 0 Å². The third kappa shape index (κ3) is 2.31. The molecule has 0 unspecified atom stereocenters. The standard InChI is InChI=1S/C14H17BrN2O/c15-10-3-1-9(2-4-10)12-7-13(12)14(18)17-6-5-11(16)8-17/h1-4,11-13H,5-8,16H2/t11-,12-,13+/m1/s1. The Hall–Kier alpha value is -0.870. The largest absolute Gasteiger partial charge is 0.341 e. The van der Waals surface area contributed by atoms with E-state index in [1.807, 2.05) is 17.0 Å². The Morgan fingerprint density at radius 2 is 2.06 bits per heavy atom. The number of carbonyl (C=O) groups excluding carboxylic acids is 1. The molecule has 1 amide bonds. The minimum absolute atomic E-state index is 0.179. The molecule has 96 valence electrons. The molecule has 1 aliphatic heterocycles. The molecule has 0 bridgehead atoms. The van der Waals surface area contributed by atoms with Gasteiger partial charge in [-0.3, -0.25) is 4.79 Å². The second-order valence-electron chi connectivity index (χ2n) is 5.33. The van der Waals surface area contributed by atoms with Gasteiger partial charge in [-0.1, -0.05) is 28.1 Å². The molecule has 0 radical (unpaired) electrons. The fraction of sp³-hybridized carbons (Fsp3) is 0.500. The molecule has 1 aromatic rings. The highest BCUT2D eigenvalue weighted by Gasteiger charge is 2.46. The Morgan fingerprint density at radius 3 is 2.67 bits per heavy atom. The average molecular weight is 309 g/mol. The summed E-state index contributed by atoms with van der Waals surface area (Å²) < 4.78 is 1.08. The van der Waals surface area contributed by atoms with E-state index in [4.69, 9.17) is 5.73 Å². The van der Waals surface area contributed by atoms with Crippen molar-refractivity contribution in [3.05, 3.63) is 34.3 Å². The van der Waals surface area contributed by atoms with E-state index in [1.54, 1.807) is 0 Å². The van der Waals surface area contributed by atoms with Crippen molar-refractivity contribution in [2.45, 2.75) is 24.8 Å². The molecule has 3 nitrogen and oxygen atoms in total. The predicted octanol–water partition coefficient (Wildman–Crippen LogP) is 2.11. The van der Waals surface area contributed by atoms with Gasteiger partial charge in [-0.25, -0.2) is 0 Å². The highest BCUT2D eigenvalue weighted by atomic mass is 79.9. The fourth-order valence-electron chi connectivity index (χ4n) is 2.77. The molecule has 2 aliphatic rings. The van der Waals surface area contributed by atoms with Crippen molar-refractivity contribution in [3.8, 4) is 0 Å². The number of nitrogens with two attached hydrogens (primary N) is 1. The van der Waals surface area contributed by atoms with Crippen LogP contribution in [0.2, 0.25) is 0 Å². The van der Waals surface area contributed by atoms with Crippen LogP contribution in [0.15, 0.2) is 28.7 Å². The summed E-state index contributed by atoms with van der Waals surface area (Å²) in [5.74, 6) is 0.912. The van der Waals surface area contributed by atoms with Crippen LogP contribution in [-0.4, -0.2) is 29.9 Å². The van der Waals surface area contributed by atoms with Crippen molar-refractivity contribution in [1.29, 1.82) is 0 Å². The SMILES string of the molecule is N[C@@H]1CCN(C(=O)[C@H]2C[C@@H]2c2ccc(Br)cc2)C1. The first kappa shape index (κ1) is 12.2. The summed E-state index contributed by atoms with van der Waals surface area (Å²) in [7, 11) is 0. The zero-order valence-electron chi connectivity index (χ0n) is 10.2. The highest BCUT2D eigenvalue weighted by molar-refractivity contribution is 9.10. The number of amides is 1. The highest BCUT2D eigenvalue weighted by Crippen LogP contribution is 2.48. The van der Waals surface area contributed by atoms with Gasteiger partial charge >= 0.3 is 0 Å². The molecular formula is C14H17BrN2O. The number of benzene rings is 1. The van der Waals surface area contributed by atoms with Crippen LogP contribution in [0.3, 0.4) is 0 Å². The summed E-state index contributed by atoms with van der Waals surface area (Å²) in [6.07, 6.45) is 1.94. The Bertz CT molecular complexity index is 459. The maximum Gasteiger partial charge on any atom is 0.226 e. The molecule has 3 rings (SSSR count). The van der Waals surface area contributed by atoms with Crippen LogP contribution in [-0.2, 0) is 4.79 Å². The Labute approximate surface area is 115 Å². The van der Waals surface area contributed by atoms with Crippen LogP contribution >= 0.6 is 15.9 Å². The van der Waals surface area contributed by atoms with Crippen LogP contribution < -0.4 is 5.73 Å². The monoisotopic (exact) mass is 308 g/mol. The number of halogens is 1. The smallest absolute Gasteiger partial charge is 0.226 e. The third-order valence-corrected chi connectivity index (χ3v) is 4.47. The molecule has 1 saturated carbocycles. The van der Waals surface area contributed by atoms with E-state index < -0.39 is 0 Å². The molecule has 0 aromatic heterocycles. The zero-order chi connectivity index (χ0) is 12.7. The van der Waals surface area contributed by atoms with Gasteiger partial charge in [0.1, 0.15) is 0 Å². The van der Waals surface area contributed by atoms with Crippen LogP contribution in [0.5, 0.6) is 0 Å². The topological polar surface area (TPSA) is 46.3 Å². The minimum Gasteiger partial charge on any atom is -0.341 e. The van der Waals surface area contributed by atoms with E-state index in [9.17, 15) is 4.79 Å². The molecule has 1 saturated heterocycles. The van der Waals surface area contributed by atoms with Gasteiger partial charge in [0.05, 0.1) is 0 Å². The van der Waals surface area contributed by atoms with E-state index in [1.165, 1.54) is 5.56 Å². The van der Waals surface area contributed by atoms with Crippen molar-refractivity contribution in [2.75, 3.05) is 13.1 Å². The first-order chi connectivity index (χ1) is 8.65. The lowest BCUT2D eigenvalue weighted by Gasteiger charge is -2.15. The maximum atomic E-state index is 12.3. The molecule has 1 aliphatic carbocycles. The summed E-state index contributed by atoms with van der Waals surface area (Å²) in [6.45, 7) is 1.58. The van der Waals surface area contributed by atoms with Crippen LogP contribution in [0.4, 0.5) is 0 Å². The number of hydrogen-bond donors (Lipinski definition) is 1. The van der Waals surface area contributed by atoms with E-state index in [2.05, 4.69) is 28.1 Å². The minimum atomic E-state index is 0.179. The van der Waals surface area contributed by atoms with Crippen LogP contribution in [0.1, 0.15) is 24.3 Å². The third-order valence-electron chi connectivity index (χ3n) is 3.94. The molecule has 1 heterocycles. The normalized spacial score (nSPS) is 30.6. The van der Waals surface area contributed by atoms with E-state index in [0.717, 1.165) is 30.4 Å². The Kier molecular flexibility index (Phi) is 3.16. The summed E-state index contributed by atoms with van der Waals surface area (Å²) in [4.78, 5) is 14.2. The molecule has 4 heteroatoms. The first-order valence-electron chi connectivity index (χ1n) is 6.45. The van der Waals surface area contributed by atoms with E-state index >= 15 is 0 Å². The summed E-state index contributed by atoms with van der Waals surface area (Å²) in [5, 5.41) is 0. The van der Waals surface area contributed by atoms with E-state index in [-0.39, 0.29) is 12.0 Å². The Balaban J connectivity index is 1.63.